The number of likely N-dealkylation sites (tertiary alicyclic amines) is 1. The molecule has 1 atom stereocenters. The Morgan fingerprint density at radius 3 is 2.65 bits per heavy atom. The van der Waals surface area contributed by atoms with E-state index in [-0.39, 0.29) is 5.91 Å². The number of carbonyl (C=O) groups excluding carboxylic acids is 2. The second kappa shape index (κ2) is 7.07. The van der Waals surface area contributed by atoms with E-state index in [9.17, 15) is 9.59 Å². The number of nitrogens with one attached hydrogen (secondary N) is 1. The highest BCUT2D eigenvalue weighted by Gasteiger charge is 2.36. The first-order valence-corrected chi connectivity index (χ1v) is 8.82. The molecule has 1 aliphatic rings. The molecule has 1 N–H and O–H groups in total. The number of aryl methyl sites for hydroxylation is 1. The van der Waals surface area contributed by atoms with Crippen LogP contribution in [0.5, 0.6) is 0 Å². The van der Waals surface area contributed by atoms with Crippen LogP contribution in [0.2, 0.25) is 0 Å². The molecule has 0 aliphatic carbocycles. The Hall–Kier alpha value is -1.31. The van der Waals surface area contributed by atoms with Gasteiger partial charge in [0.1, 0.15) is 11.6 Å². The van der Waals surface area contributed by atoms with E-state index in [1.54, 1.807) is 0 Å². The van der Waals surface area contributed by atoms with Crippen LogP contribution in [0.3, 0.4) is 0 Å². The van der Waals surface area contributed by atoms with E-state index in [1.165, 1.54) is 4.90 Å². The zero-order chi connectivity index (χ0) is 17.2. The van der Waals surface area contributed by atoms with Gasteiger partial charge in [0.15, 0.2) is 0 Å². The maximum Gasteiger partial charge on any atom is 0.410 e. The summed E-state index contributed by atoms with van der Waals surface area (Å²) in [6, 6.07) is 5.38. The van der Waals surface area contributed by atoms with Crippen LogP contribution in [-0.2, 0) is 9.53 Å². The van der Waals surface area contributed by atoms with Crippen LogP contribution in [0.25, 0.3) is 0 Å². The van der Waals surface area contributed by atoms with E-state index in [2.05, 4.69) is 27.9 Å². The Labute approximate surface area is 150 Å². The molecule has 126 valence electrons. The minimum absolute atomic E-state index is 0.155. The third-order valence-electron chi connectivity index (χ3n) is 3.63. The maximum absolute atomic E-state index is 12.6. The summed E-state index contributed by atoms with van der Waals surface area (Å²) in [5.41, 5.74) is 1.23. The van der Waals surface area contributed by atoms with Crippen molar-refractivity contribution in [2.24, 2.45) is 0 Å². The minimum atomic E-state index is -0.562. The summed E-state index contributed by atoms with van der Waals surface area (Å²) in [4.78, 5) is 26.4. The average Bonchev–Trinajstić information content (AvgIpc) is 2.89. The van der Waals surface area contributed by atoms with Crippen molar-refractivity contribution in [1.29, 1.82) is 0 Å². The van der Waals surface area contributed by atoms with E-state index < -0.39 is 17.7 Å². The molecular formula is C17H23IN2O3. The third-order valence-corrected chi connectivity index (χ3v) is 4.30. The van der Waals surface area contributed by atoms with E-state index >= 15 is 0 Å². The van der Waals surface area contributed by atoms with Gasteiger partial charge in [0.05, 0.1) is 0 Å². The smallest absolute Gasteiger partial charge is 0.410 e. The van der Waals surface area contributed by atoms with Crippen LogP contribution >= 0.6 is 22.6 Å². The average molecular weight is 430 g/mol. The van der Waals surface area contributed by atoms with Gasteiger partial charge in [-0.15, -0.1) is 0 Å². The lowest BCUT2D eigenvalue weighted by molar-refractivity contribution is -0.120. The van der Waals surface area contributed by atoms with Crippen molar-refractivity contribution in [3.05, 3.63) is 27.3 Å². The number of anilines is 1. The summed E-state index contributed by atoms with van der Waals surface area (Å²) in [6.07, 6.45) is 1.05. The van der Waals surface area contributed by atoms with E-state index in [4.69, 9.17) is 4.74 Å². The molecule has 1 aliphatic heterocycles. The molecule has 1 unspecified atom stereocenters. The number of hydrogen-bond donors (Lipinski definition) is 1. The number of nitrogens with zero attached hydrogens (tertiary/aromatic N) is 1. The predicted octanol–water partition coefficient (Wildman–Crippen LogP) is 3.94. The first kappa shape index (κ1) is 18.0. The normalized spacial score (nSPS) is 18.0. The minimum Gasteiger partial charge on any atom is -0.444 e. The number of carbonyl (C=O) groups is 2. The van der Waals surface area contributed by atoms with E-state index in [1.807, 2.05) is 45.9 Å². The SMILES string of the molecule is Cc1cc(I)ccc1NC(=O)C1CCCN1C(=O)OC(C)(C)C. The molecular weight excluding hydrogens is 407 g/mol. The van der Waals surface area contributed by atoms with Gasteiger partial charge in [0.25, 0.3) is 0 Å². The van der Waals surface area contributed by atoms with Gasteiger partial charge in [0.2, 0.25) is 5.91 Å². The monoisotopic (exact) mass is 430 g/mol. The Kier molecular flexibility index (Phi) is 5.54. The lowest BCUT2D eigenvalue weighted by Crippen LogP contribution is -2.45. The van der Waals surface area contributed by atoms with Crippen LogP contribution in [0.1, 0.15) is 39.2 Å². The molecule has 2 rings (SSSR count). The number of halogens is 1. The van der Waals surface area contributed by atoms with Crippen molar-refractivity contribution in [1.82, 2.24) is 4.90 Å². The predicted molar refractivity (Wildman–Crippen MR) is 98.5 cm³/mol. The number of amides is 2. The number of hydrogen-bond acceptors (Lipinski definition) is 3. The zero-order valence-corrected chi connectivity index (χ0v) is 16.1. The van der Waals surface area contributed by atoms with Gasteiger partial charge in [-0.25, -0.2) is 4.79 Å². The van der Waals surface area contributed by atoms with Gasteiger partial charge in [0, 0.05) is 15.8 Å². The molecule has 0 bridgehead atoms. The van der Waals surface area contributed by atoms with E-state index in [0.717, 1.165) is 21.2 Å². The molecule has 0 aromatic heterocycles. The second-order valence-electron chi connectivity index (χ2n) is 6.78. The molecule has 6 heteroatoms. The van der Waals surface area contributed by atoms with Crippen LogP contribution < -0.4 is 5.32 Å². The number of rotatable bonds is 2. The molecule has 1 fully saturated rings. The van der Waals surface area contributed by atoms with Crippen molar-refractivity contribution in [3.8, 4) is 0 Å². The molecule has 0 radical (unpaired) electrons. The van der Waals surface area contributed by atoms with Crippen molar-refractivity contribution in [3.63, 3.8) is 0 Å². The summed E-state index contributed by atoms with van der Waals surface area (Å²) in [5.74, 6) is -0.155. The van der Waals surface area contributed by atoms with Crippen molar-refractivity contribution in [2.75, 3.05) is 11.9 Å². The maximum atomic E-state index is 12.6. The fraction of sp³-hybridized carbons (Fsp3) is 0.529. The molecule has 2 amide bonds. The van der Waals surface area contributed by atoms with Gasteiger partial charge in [-0.05, 0) is 86.9 Å². The topological polar surface area (TPSA) is 58.6 Å². The van der Waals surface area contributed by atoms with Gasteiger partial charge in [-0.1, -0.05) is 0 Å². The van der Waals surface area contributed by atoms with Crippen LogP contribution in [-0.4, -0.2) is 35.1 Å². The zero-order valence-electron chi connectivity index (χ0n) is 14.0. The van der Waals surface area contributed by atoms with Crippen molar-refractivity contribution in [2.45, 2.75) is 52.2 Å². The highest BCUT2D eigenvalue weighted by atomic mass is 127. The Bertz CT molecular complexity index is 610. The Morgan fingerprint density at radius 2 is 2.04 bits per heavy atom. The summed E-state index contributed by atoms with van der Waals surface area (Å²) < 4.78 is 6.52. The van der Waals surface area contributed by atoms with Crippen LogP contribution in [0.4, 0.5) is 10.5 Å². The Balaban J connectivity index is 2.07. The summed E-state index contributed by atoms with van der Waals surface area (Å²) in [7, 11) is 0. The lowest BCUT2D eigenvalue weighted by atomic mass is 10.1. The molecule has 0 spiro atoms. The summed E-state index contributed by atoms with van der Waals surface area (Å²) >= 11 is 2.24. The summed E-state index contributed by atoms with van der Waals surface area (Å²) in [6.45, 7) is 7.98. The highest BCUT2D eigenvalue weighted by molar-refractivity contribution is 14.1. The van der Waals surface area contributed by atoms with E-state index in [0.29, 0.717) is 13.0 Å². The largest absolute Gasteiger partial charge is 0.444 e. The number of benzene rings is 1. The fourth-order valence-corrected chi connectivity index (χ4v) is 3.21. The molecule has 1 heterocycles. The highest BCUT2D eigenvalue weighted by Crippen LogP contribution is 2.23. The first-order valence-electron chi connectivity index (χ1n) is 7.74. The van der Waals surface area contributed by atoms with Gasteiger partial charge in [-0.2, -0.15) is 0 Å². The van der Waals surface area contributed by atoms with Crippen LogP contribution in [0.15, 0.2) is 18.2 Å². The van der Waals surface area contributed by atoms with Gasteiger partial charge in [-0.3, -0.25) is 9.69 Å². The summed E-state index contributed by atoms with van der Waals surface area (Å²) in [5, 5.41) is 2.94. The quantitative estimate of drug-likeness (QED) is 0.724. The second-order valence-corrected chi connectivity index (χ2v) is 8.03. The van der Waals surface area contributed by atoms with Crippen molar-refractivity contribution < 1.29 is 14.3 Å². The molecule has 1 aromatic rings. The standard InChI is InChI=1S/C17H23IN2O3/c1-11-10-12(18)7-8-13(11)19-15(21)14-6-5-9-20(14)16(22)23-17(2,3)4/h7-8,10,14H,5-6,9H2,1-4H3,(H,19,21). The first-order chi connectivity index (χ1) is 10.7. The molecule has 1 saturated heterocycles. The molecule has 1 aromatic carbocycles. The van der Waals surface area contributed by atoms with Crippen molar-refractivity contribution >= 4 is 40.3 Å². The van der Waals surface area contributed by atoms with Gasteiger partial charge >= 0.3 is 6.09 Å². The van der Waals surface area contributed by atoms with Crippen LogP contribution in [0, 0.1) is 10.5 Å². The fourth-order valence-electron chi connectivity index (χ4n) is 2.56. The Morgan fingerprint density at radius 1 is 1.35 bits per heavy atom. The molecule has 23 heavy (non-hydrogen) atoms. The lowest BCUT2D eigenvalue weighted by Gasteiger charge is -2.28. The number of ether oxygens (including phenoxy) is 1. The van der Waals surface area contributed by atoms with Gasteiger partial charge < -0.3 is 10.1 Å². The molecule has 0 saturated carbocycles. The third kappa shape index (κ3) is 4.83. The molecule has 5 nitrogen and oxygen atoms in total.